The Bertz CT molecular complexity index is 916. The van der Waals surface area contributed by atoms with Gasteiger partial charge in [-0.2, -0.15) is 4.31 Å². The summed E-state index contributed by atoms with van der Waals surface area (Å²) in [7, 11) is -2.40. The summed E-state index contributed by atoms with van der Waals surface area (Å²) in [5, 5.41) is 0.728. The van der Waals surface area contributed by atoms with E-state index in [1.165, 1.54) is 35.2 Å². The first-order valence-electron chi connectivity index (χ1n) is 10.1. The molecule has 164 valence electrons. The quantitative estimate of drug-likeness (QED) is 0.578. The van der Waals surface area contributed by atoms with Crippen LogP contribution in [-0.4, -0.2) is 63.6 Å². The molecule has 0 bridgehead atoms. The van der Waals surface area contributed by atoms with E-state index >= 15 is 0 Å². The van der Waals surface area contributed by atoms with Gasteiger partial charge in [0.2, 0.25) is 10.0 Å². The molecule has 0 aliphatic carbocycles. The largest absolute Gasteiger partial charge is 0.383 e. The summed E-state index contributed by atoms with van der Waals surface area (Å²) in [6, 6.07) is 13.2. The minimum atomic E-state index is -3.93. The Labute approximate surface area is 183 Å². The van der Waals surface area contributed by atoms with Crippen LogP contribution in [0, 0.1) is 5.82 Å². The second kappa shape index (κ2) is 10.7. The zero-order valence-corrected chi connectivity index (χ0v) is 18.7. The van der Waals surface area contributed by atoms with Gasteiger partial charge in [0.05, 0.1) is 6.61 Å². The van der Waals surface area contributed by atoms with Gasteiger partial charge in [-0.3, -0.25) is 0 Å². The van der Waals surface area contributed by atoms with Gasteiger partial charge in [-0.25, -0.2) is 12.8 Å². The van der Waals surface area contributed by atoms with E-state index < -0.39 is 15.8 Å². The van der Waals surface area contributed by atoms with Crippen molar-refractivity contribution in [3.63, 3.8) is 0 Å². The average molecular weight is 455 g/mol. The summed E-state index contributed by atoms with van der Waals surface area (Å²) in [5.41, 5.74) is 1.23. The third kappa shape index (κ3) is 5.80. The number of sulfonamides is 1. The number of hydrogen-bond donors (Lipinski definition) is 0. The molecule has 1 fully saturated rings. The van der Waals surface area contributed by atoms with Gasteiger partial charge in [0.25, 0.3) is 0 Å². The van der Waals surface area contributed by atoms with E-state index in [-0.39, 0.29) is 24.1 Å². The van der Waals surface area contributed by atoms with Gasteiger partial charge in [-0.05, 0) is 62.2 Å². The van der Waals surface area contributed by atoms with E-state index in [0.717, 1.165) is 31.1 Å². The lowest BCUT2D eigenvalue weighted by molar-refractivity contribution is 0.128. The Balaban J connectivity index is 1.64. The summed E-state index contributed by atoms with van der Waals surface area (Å²) in [5.74, 6) is -0.722. The maximum Gasteiger partial charge on any atom is 0.246 e. The fraction of sp³-hybridized carbons (Fsp3) is 0.455. The van der Waals surface area contributed by atoms with E-state index in [1.54, 1.807) is 6.07 Å². The number of likely N-dealkylation sites (tertiary alicyclic amines) is 1. The Morgan fingerprint density at radius 1 is 1.13 bits per heavy atom. The summed E-state index contributed by atoms with van der Waals surface area (Å²) < 4.78 is 47.1. The molecule has 1 aliphatic rings. The summed E-state index contributed by atoms with van der Waals surface area (Å²) in [6.45, 7) is 2.99. The van der Waals surface area contributed by atoms with Gasteiger partial charge in [0, 0.05) is 31.3 Å². The zero-order chi connectivity index (χ0) is 21.6. The molecule has 8 heteroatoms. The van der Waals surface area contributed by atoms with E-state index in [2.05, 4.69) is 4.90 Å². The lowest BCUT2D eigenvalue weighted by atomic mass is 10.0. The standard InChI is InChI=1S/C22H28ClFN2O3S/c1-29-17-16-26(30(27,28)22-5-3-2-4-21(22)24)20-11-14-25(15-12-20)13-10-18-6-8-19(23)9-7-18/h2-9,20H,10-17H2,1H3. The van der Waals surface area contributed by atoms with E-state index in [0.29, 0.717) is 12.8 Å². The molecule has 1 heterocycles. The van der Waals surface area contributed by atoms with Crippen LogP contribution in [0.15, 0.2) is 53.4 Å². The molecule has 30 heavy (non-hydrogen) atoms. The molecular weight excluding hydrogens is 427 g/mol. The molecule has 2 aromatic rings. The molecule has 0 spiro atoms. The van der Waals surface area contributed by atoms with Crippen molar-refractivity contribution in [3.8, 4) is 0 Å². The lowest BCUT2D eigenvalue weighted by Crippen LogP contribution is -2.48. The van der Waals surface area contributed by atoms with Crippen LogP contribution in [0.4, 0.5) is 4.39 Å². The summed E-state index contributed by atoms with van der Waals surface area (Å²) in [4.78, 5) is 2.07. The van der Waals surface area contributed by atoms with E-state index in [4.69, 9.17) is 16.3 Å². The minimum absolute atomic E-state index is 0.170. The number of benzene rings is 2. The molecule has 0 unspecified atom stereocenters. The smallest absolute Gasteiger partial charge is 0.246 e. The predicted molar refractivity (Wildman–Crippen MR) is 117 cm³/mol. The normalized spacial score (nSPS) is 16.3. The first kappa shape index (κ1) is 23.2. The maximum absolute atomic E-state index is 14.2. The molecule has 5 nitrogen and oxygen atoms in total. The van der Waals surface area contributed by atoms with Gasteiger partial charge >= 0.3 is 0 Å². The lowest BCUT2D eigenvalue weighted by Gasteiger charge is -2.37. The maximum atomic E-state index is 14.2. The number of nitrogens with zero attached hydrogens (tertiary/aromatic N) is 2. The van der Waals surface area contributed by atoms with Crippen molar-refractivity contribution in [2.24, 2.45) is 0 Å². The van der Waals surface area contributed by atoms with Crippen LogP contribution in [-0.2, 0) is 21.2 Å². The van der Waals surface area contributed by atoms with Crippen LogP contribution in [0.3, 0.4) is 0 Å². The van der Waals surface area contributed by atoms with Gasteiger partial charge in [0.15, 0.2) is 0 Å². The number of ether oxygens (including phenoxy) is 1. The van der Waals surface area contributed by atoms with Crippen molar-refractivity contribution in [1.82, 2.24) is 9.21 Å². The van der Waals surface area contributed by atoms with E-state index in [1.807, 2.05) is 24.3 Å². The second-order valence-electron chi connectivity index (χ2n) is 7.49. The highest BCUT2D eigenvalue weighted by Crippen LogP contribution is 2.26. The third-order valence-electron chi connectivity index (χ3n) is 5.53. The number of methoxy groups -OCH3 is 1. The van der Waals surface area contributed by atoms with Crippen molar-refractivity contribution in [2.45, 2.75) is 30.2 Å². The van der Waals surface area contributed by atoms with Crippen LogP contribution in [0.25, 0.3) is 0 Å². The van der Waals surface area contributed by atoms with Gasteiger partial charge < -0.3 is 9.64 Å². The molecule has 0 amide bonds. The monoisotopic (exact) mass is 454 g/mol. The van der Waals surface area contributed by atoms with Crippen molar-refractivity contribution < 1.29 is 17.5 Å². The Hall–Kier alpha value is -1.51. The first-order valence-corrected chi connectivity index (χ1v) is 12.0. The van der Waals surface area contributed by atoms with E-state index in [9.17, 15) is 12.8 Å². The highest BCUT2D eigenvalue weighted by atomic mass is 35.5. The number of halogens is 2. The summed E-state index contributed by atoms with van der Waals surface area (Å²) >= 11 is 5.94. The molecule has 0 saturated carbocycles. The second-order valence-corrected chi connectivity index (χ2v) is 9.78. The summed E-state index contributed by atoms with van der Waals surface area (Å²) in [6.07, 6.45) is 2.33. The molecule has 2 aromatic carbocycles. The fourth-order valence-electron chi connectivity index (χ4n) is 3.83. The van der Waals surface area contributed by atoms with Gasteiger partial charge in [-0.1, -0.05) is 35.9 Å². The fourth-order valence-corrected chi connectivity index (χ4v) is 5.69. The molecule has 1 saturated heterocycles. The topological polar surface area (TPSA) is 49.9 Å². The Kier molecular flexibility index (Phi) is 8.25. The zero-order valence-electron chi connectivity index (χ0n) is 17.1. The van der Waals surface area contributed by atoms with Crippen LogP contribution in [0.1, 0.15) is 18.4 Å². The number of piperidine rings is 1. The van der Waals surface area contributed by atoms with Crippen LogP contribution in [0.2, 0.25) is 5.02 Å². The predicted octanol–water partition coefficient (Wildman–Crippen LogP) is 3.82. The van der Waals surface area contributed by atoms with Crippen LogP contribution < -0.4 is 0 Å². The average Bonchev–Trinajstić information content (AvgIpc) is 2.74. The Morgan fingerprint density at radius 3 is 2.43 bits per heavy atom. The molecule has 0 radical (unpaired) electrons. The van der Waals surface area contributed by atoms with Gasteiger partial charge in [0.1, 0.15) is 10.7 Å². The molecule has 0 N–H and O–H groups in total. The number of hydrogen-bond acceptors (Lipinski definition) is 4. The number of rotatable bonds is 9. The Morgan fingerprint density at radius 2 is 1.80 bits per heavy atom. The molecule has 0 aromatic heterocycles. The van der Waals surface area contributed by atoms with Crippen LogP contribution in [0.5, 0.6) is 0 Å². The van der Waals surface area contributed by atoms with Gasteiger partial charge in [-0.15, -0.1) is 0 Å². The minimum Gasteiger partial charge on any atom is -0.383 e. The highest BCUT2D eigenvalue weighted by Gasteiger charge is 2.34. The first-order chi connectivity index (χ1) is 14.4. The molecule has 1 aliphatic heterocycles. The van der Waals surface area contributed by atoms with Crippen molar-refractivity contribution >= 4 is 21.6 Å². The van der Waals surface area contributed by atoms with Crippen molar-refractivity contribution in [2.75, 3.05) is 39.9 Å². The molecule has 3 rings (SSSR count). The highest BCUT2D eigenvalue weighted by molar-refractivity contribution is 7.89. The SMILES string of the molecule is COCCN(C1CCN(CCc2ccc(Cl)cc2)CC1)S(=O)(=O)c1ccccc1F. The van der Waals surface area contributed by atoms with Crippen LogP contribution >= 0.6 is 11.6 Å². The third-order valence-corrected chi connectivity index (χ3v) is 7.77. The molecular formula is C22H28ClFN2O3S. The molecule has 0 atom stereocenters. The van der Waals surface area contributed by atoms with Crippen molar-refractivity contribution in [3.05, 3.63) is 64.9 Å². The van der Waals surface area contributed by atoms with Crippen molar-refractivity contribution in [1.29, 1.82) is 0 Å².